The maximum atomic E-state index is 12.2. The van der Waals surface area contributed by atoms with Crippen LogP contribution in [-0.4, -0.2) is 25.2 Å². The van der Waals surface area contributed by atoms with Crippen molar-refractivity contribution < 1.29 is 14.3 Å². The molecule has 1 aromatic rings. The van der Waals surface area contributed by atoms with E-state index in [0.717, 1.165) is 6.42 Å². The van der Waals surface area contributed by atoms with E-state index >= 15 is 0 Å². The van der Waals surface area contributed by atoms with E-state index in [-0.39, 0.29) is 11.8 Å². The molecule has 0 aliphatic heterocycles. The average Bonchev–Trinajstić information content (AvgIpc) is 2.48. The van der Waals surface area contributed by atoms with E-state index in [1.807, 2.05) is 33.8 Å². The smallest absolute Gasteiger partial charge is 0.241 e. The zero-order valence-electron chi connectivity index (χ0n) is 13.3. The molecule has 5 nitrogen and oxygen atoms in total. The normalized spacial score (nSPS) is 13.4. The first-order valence-corrected chi connectivity index (χ1v) is 7.49. The average molecular weight is 294 g/mol. The summed E-state index contributed by atoms with van der Waals surface area (Å²) in [7, 11) is 0. The Morgan fingerprint density at radius 1 is 1.24 bits per heavy atom. The van der Waals surface area contributed by atoms with Gasteiger partial charge in [0.2, 0.25) is 5.91 Å². The topological polar surface area (TPSA) is 73.6 Å². The van der Waals surface area contributed by atoms with Crippen molar-refractivity contribution in [3.8, 4) is 11.5 Å². The second kappa shape index (κ2) is 8.52. The fourth-order valence-corrected chi connectivity index (χ4v) is 1.87. The van der Waals surface area contributed by atoms with Crippen LogP contribution in [0.15, 0.2) is 18.2 Å². The van der Waals surface area contributed by atoms with Crippen LogP contribution >= 0.6 is 0 Å². The van der Waals surface area contributed by atoms with E-state index in [4.69, 9.17) is 15.2 Å². The van der Waals surface area contributed by atoms with Crippen LogP contribution in [-0.2, 0) is 4.79 Å². The molecule has 0 fully saturated rings. The lowest BCUT2D eigenvalue weighted by molar-refractivity contribution is -0.118. The van der Waals surface area contributed by atoms with Gasteiger partial charge in [-0.15, -0.1) is 0 Å². The summed E-state index contributed by atoms with van der Waals surface area (Å²) in [5, 5.41) is 2.84. The molecule has 118 valence electrons. The summed E-state index contributed by atoms with van der Waals surface area (Å²) in [6.07, 6.45) is 0.853. The summed E-state index contributed by atoms with van der Waals surface area (Å²) >= 11 is 0. The minimum absolute atomic E-state index is 0.121. The van der Waals surface area contributed by atoms with E-state index in [1.54, 1.807) is 12.1 Å². The van der Waals surface area contributed by atoms with Crippen LogP contribution in [0.4, 0.5) is 5.69 Å². The third kappa shape index (κ3) is 4.93. The molecule has 0 heterocycles. The van der Waals surface area contributed by atoms with Crippen molar-refractivity contribution in [2.45, 2.75) is 40.2 Å². The Balaban J connectivity index is 2.92. The van der Waals surface area contributed by atoms with Crippen LogP contribution in [0.25, 0.3) is 0 Å². The number of hydrogen-bond acceptors (Lipinski definition) is 4. The van der Waals surface area contributed by atoms with Crippen molar-refractivity contribution in [2.24, 2.45) is 11.7 Å². The van der Waals surface area contributed by atoms with E-state index in [2.05, 4.69) is 5.32 Å². The lowest BCUT2D eigenvalue weighted by atomic mass is 9.99. The van der Waals surface area contributed by atoms with Crippen molar-refractivity contribution >= 4 is 11.6 Å². The molecule has 3 N–H and O–H groups in total. The van der Waals surface area contributed by atoms with Crippen LogP contribution in [0.1, 0.15) is 34.1 Å². The highest BCUT2D eigenvalue weighted by Gasteiger charge is 2.20. The van der Waals surface area contributed by atoms with Gasteiger partial charge >= 0.3 is 0 Å². The number of benzene rings is 1. The number of hydrogen-bond donors (Lipinski definition) is 2. The SMILES string of the molecule is CCOc1ccc(OCC)c(NC(=O)[C@@H](N)[C@@H](C)CC)c1. The highest BCUT2D eigenvalue weighted by Crippen LogP contribution is 2.29. The molecule has 1 rings (SSSR count). The fraction of sp³-hybridized carbons (Fsp3) is 0.562. The van der Waals surface area contributed by atoms with Gasteiger partial charge in [0.15, 0.2) is 0 Å². The van der Waals surface area contributed by atoms with Gasteiger partial charge in [0, 0.05) is 6.07 Å². The van der Waals surface area contributed by atoms with Gasteiger partial charge in [0.25, 0.3) is 0 Å². The lowest BCUT2D eigenvalue weighted by Gasteiger charge is -2.19. The van der Waals surface area contributed by atoms with Gasteiger partial charge in [-0.1, -0.05) is 20.3 Å². The van der Waals surface area contributed by atoms with Gasteiger partial charge < -0.3 is 20.5 Å². The van der Waals surface area contributed by atoms with Crippen LogP contribution in [0.5, 0.6) is 11.5 Å². The number of anilines is 1. The van der Waals surface area contributed by atoms with E-state index in [9.17, 15) is 4.79 Å². The number of carbonyl (C=O) groups is 1. The number of rotatable bonds is 8. The second-order valence-electron chi connectivity index (χ2n) is 4.92. The number of ether oxygens (including phenoxy) is 2. The summed E-state index contributed by atoms with van der Waals surface area (Å²) in [5.41, 5.74) is 6.55. The van der Waals surface area contributed by atoms with Crippen molar-refractivity contribution in [3.05, 3.63) is 18.2 Å². The van der Waals surface area contributed by atoms with Gasteiger partial charge in [-0.3, -0.25) is 4.79 Å². The molecule has 2 atom stereocenters. The largest absolute Gasteiger partial charge is 0.494 e. The Morgan fingerprint density at radius 3 is 2.48 bits per heavy atom. The third-order valence-corrected chi connectivity index (χ3v) is 3.38. The summed E-state index contributed by atoms with van der Waals surface area (Å²) in [6, 6.07) is 4.83. The molecule has 0 aliphatic rings. The van der Waals surface area contributed by atoms with E-state index in [1.165, 1.54) is 0 Å². The Bertz CT molecular complexity index is 463. The zero-order chi connectivity index (χ0) is 15.8. The van der Waals surface area contributed by atoms with Crippen molar-refractivity contribution in [2.75, 3.05) is 18.5 Å². The van der Waals surface area contributed by atoms with Crippen LogP contribution < -0.4 is 20.5 Å². The molecule has 1 aromatic carbocycles. The van der Waals surface area contributed by atoms with E-state index < -0.39 is 6.04 Å². The van der Waals surface area contributed by atoms with Gasteiger partial charge in [-0.05, 0) is 31.9 Å². The molecule has 0 saturated carbocycles. The Kier molecular flexibility index (Phi) is 7.02. The molecular formula is C16H26N2O3. The Hall–Kier alpha value is -1.75. The van der Waals surface area contributed by atoms with Crippen molar-refractivity contribution in [3.63, 3.8) is 0 Å². The second-order valence-corrected chi connectivity index (χ2v) is 4.92. The fourth-order valence-electron chi connectivity index (χ4n) is 1.87. The highest BCUT2D eigenvalue weighted by atomic mass is 16.5. The molecule has 1 amide bonds. The molecule has 0 unspecified atom stereocenters. The number of nitrogens with two attached hydrogens (primary N) is 1. The first-order valence-electron chi connectivity index (χ1n) is 7.49. The Morgan fingerprint density at radius 2 is 1.90 bits per heavy atom. The first kappa shape index (κ1) is 17.3. The standard InChI is InChI=1S/C16H26N2O3/c1-5-11(4)15(17)16(19)18-13-10-12(20-6-2)8-9-14(13)21-7-3/h8-11,15H,5-7,17H2,1-4H3,(H,18,19)/t11-,15-/m0/s1. The molecular weight excluding hydrogens is 268 g/mol. The van der Waals surface area contributed by atoms with Crippen molar-refractivity contribution in [1.29, 1.82) is 0 Å². The van der Waals surface area contributed by atoms with Gasteiger partial charge in [-0.25, -0.2) is 0 Å². The quantitative estimate of drug-likeness (QED) is 0.773. The maximum Gasteiger partial charge on any atom is 0.241 e. The predicted octanol–water partition coefficient (Wildman–Crippen LogP) is 2.80. The molecule has 0 bridgehead atoms. The molecule has 21 heavy (non-hydrogen) atoms. The predicted molar refractivity (Wildman–Crippen MR) is 84.8 cm³/mol. The summed E-state index contributed by atoms with van der Waals surface area (Å²) in [4.78, 5) is 12.2. The zero-order valence-corrected chi connectivity index (χ0v) is 13.3. The number of nitrogens with one attached hydrogen (secondary N) is 1. The van der Waals surface area contributed by atoms with Crippen LogP contribution in [0.2, 0.25) is 0 Å². The monoisotopic (exact) mass is 294 g/mol. The number of carbonyl (C=O) groups excluding carboxylic acids is 1. The maximum absolute atomic E-state index is 12.2. The Labute approximate surface area is 126 Å². The van der Waals surface area contributed by atoms with Crippen LogP contribution in [0.3, 0.4) is 0 Å². The van der Waals surface area contributed by atoms with Gasteiger partial charge in [0.05, 0.1) is 24.9 Å². The van der Waals surface area contributed by atoms with Crippen LogP contribution in [0, 0.1) is 5.92 Å². The molecule has 5 heteroatoms. The minimum atomic E-state index is -0.541. The van der Waals surface area contributed by atoms with Crippen molar-refractivity contribution in [1.82, 2.24) is 0 Å². The van der Waals surface area contributed by atoms with E-state index in [0.29, 0.717) is 30.4 Å². The molecule has 0 aliphatic carbocycles. The number of amides is 1. The molecule has 0 spiro atoms. The lowest BCUT2D eigenvalue weighted by Crippen LogP contribution is -2.40. The summed E-state index contributed by atoms with van der Waals surface area (Å²) in [5.74, 6) is 1.22. The van der Waals surface area contributed by atoms with Gasteiger partial charge in [0.1, 0.15) is 11.5 Å². The minimum Gasteiger partial charge on any atom is -0.494 e. The summed E-state index contributed by atoms with van der Waals surface area (Å²) < 4.78 is 11.0. The molecule has 0 aromatic heterocycles. The molecule has 0 saturated heterocycles. The summed E-state index contributed by atoms with van der Waals surface area (Å²) in [6.45, 7) is 8.87. The first-order chi connectivity index (χ1) is 10.0. The molecule has 0 radical (unpaired) electrons. The van der Waals surface area contributed by atoms with Gasteiger partial charge in [-0.2, -0.15) is 0 Å². The highest BCUT2D eigenvalue weighted by molar-refractivity contribution is 5.96. The third-order valence-electron chi connectivity index (χ3n) is 3.38.